The molecule has 8 nitrogen and oxygen atoms in total. The van der Waals surface area contributed by atoms with Crippen LogP contribution in [0.25, 0.3) is 0 Å². The van der Waals surface area contributed by atoms with Crippen molar-refractivity contribution in [1.82, 2.24) is 20.1 Å². The molecule has 0 spiro atoms. The van der Waals surface area contributed by atoms with Crippen LogP contribution in [0.1, 0.15) is 37.8 Å². The van der Waals surface area contributed by atoms with Gasteiger partial charge >= 0.3 is 6.03 Å². The first-order valence-corrected chi connectivity index (χ1v) is 10.0. The second-order valence-electron chi connectivity index (χ2n) is 7.21. The molecule has 2 aliphatic rings. The number of nitrogens with zero attached hydrogens (tertiary/aromatic N) is 3. The number of carbonyl (C=O) groups excluding carboxylic acids is 2. The fourth-order valence-corrected chi connectivity index (χ4v) is 3.90. The summed E-state index contributed by atoms with van der Waals surface area (Å²) in [6, 6.07) is 3.86. The average Bonchev–Trinajstić information content (AvgIpc) is 2.74. The zero-order chi connectivity index (χ0) is 19.9. The van der Waals surface area contributed by atoms with E-state index >= 15 is 0 Å². The summed E-state index contributed by atoms with van der Waals surface area (Å²) in [4.78, 5) is 32.9. The van der Waals surface area contributed by atoms with Crippen LogP contribution in [-0.2, 0) is 14.3 Å². The van der Waals surface area contributed by atoms with Crippen LogP contribution in [0, 0.1) is 0 Å². The molecule has 0 aromatic carbocycles. The Morgan fingerprint density at radius 1 is 1.25 bits per heavy atom. The summed E-state index contributed by atoms with van der Waals surface area (Å²) in [5.41, 5.74) is 1.03. The largest absolute Gasteiger partial charge is 0.382 e. The standard InChI is InChI=1S/C20H30N4O4/c1-3-8-22-20(26)23-11-6-16(7-12-23)24-17(15-4-9-21-10-5-15)18(19(24)25)28-14-13-27-2/h4-5,9-10,16-18H,3,6-8,11-14H2,1-2H3,(H,22,26)/t17-,18+/m0/s1. The number of ether oxygens (including phenoxy) is 2. The molecule has 154 valence electrons. The van der Waals surface area contributed by atoms with Crippen LogP contribution < -0.4 is 5.32 Å². The first kappa shape index (κ1) is 20.5. The highest BCUT2D eigenvalue weighted by Crippen LogP contribution is 2.40. The number of pyridine rings is 1. The molecular formula is C20H30N4O4. The molecule has 0 unspecified atom stereocenters. The molecule has 28 heavy (non-hydrogen) atoms. The molecule has 0 bridgehead atoms. The highest BCUT2D eigenvalue weighted by molar-refractivity contribution is 5.89. The first-order valence-electron chi connectivity index (χ1n) is 10.0. The predicted molar refractivity (Wildman–Crippen MR) is 104 cm³/mol. The van der Waals surface area contributed by atoms with Crippen LogP contribution in [0.15, 0.2) is 24.5 Å². The fourth-order valence-electron chi connectivity index (χ4n) is 3.90. The molecule has 1 N–H and O–H groups in total. The third-order valence-corrected chi connectivity index (χ3v) is 5.39. The van der Waals surface area contributed by atoms with Gasteiger partial charge in [0.05, 0.1) is 19.3 Å². The number of rotatable bonds is 8. The molecule has 8 heteroatoms. The highest BCUT2D eigenvalue weighted by atomic mass is 16.5. The van der Waals surface area contributed by atoms with Gasteiger partial charge in [-0.15, -0.1) is 0 Å². The van der Waals surface area contributed by atoms with Gasteiger partial charge in [-0.1, -0.05) is 6.92 Å². The molecule has 3 amide bonds. The Hall–Kier alpha value is -2.19. The number of piperidine rings is 1. The van der Waals surface area contributed by atoms with Crippen LogP contribution in [0.3, 0.4) is 0 Å². The van der Waals surface area contributed by atoms with Gasteiger partial charge in [-0.05, 0) is 37.0 Å². The van der Waals surface area contributed by atoms with Crippen molar-refractivity contribution < 1.29 is 19.1 Å². The van der Waals surface area contributed by atoms with Crippen molar-refractivity contribution >= 4 is 11.9 Å². The summed E-state index contributed by atoms with van der Waals surface area (Å²) in [5, 5.41) is 2.92. The summed E-state index contributed by atoms with van der Waals surface area (Å²) >= 11 is 0. The van der Waals surface area contributed by atoms with E-state index in [-0.39, 0.29) is 24.0 Å². The van der Waals surface area contributed by atoms with E-state index in [2.05, 4.69) is 10.3 Å². The van der Waals surface area contributed by atoms with Gasteiger partial charge in [0.25, 0.3) is 5.91 Å². The Morgan fingerprint density at radius 2 is 1.96 bits per heavy atom. The van der Waals surface area contributed by atoms with Crippen LogP contribution in [-0.4, -0.2) is 78.8 Å². The number of aromatic nitrogens is 1. The quantitative estimate of drug-likeness (QED) is 0.538. The number of hydrogen-bond donors (Lipinski definition) is 1. The number of amides is 3. The van der Waals surface area contributed by atoms with Gasteiger partial charge < -0.3 is 24.6 Å². The third kappa shape index (κ3) is 4.44. The molecule has 2 atom stereocenters. The molecule has 2 saturated heterocycles. The van der Waals surface area contributed by atoms with Gasteiger partial charge in [0.1, 0.15) is 0 Å². The van der Waals surface area contributed by atoms with E-state index in [1.165, 1.54) is 0 Å². The second kappa shape index (κ2) is 9.84. The van der Waals surface area contributed by atoms with E-state index in [0.29, 0.717) is 32.8 Å². The number of urea groups is 1. The molecule has 2 aliphatic heterocycles. The van der Waals surface area contributed by atoms with E-state index < -0.39 is 6.10 Å². The maximum atomic E-state index is 12.8. The molecule has 0 saturated carbocycles. The molecule has 0 radical (unpaired) electrons. The lowest BCUT2D eigenvalue weighted by Crippen LogP contribution is -2.65. The molecular weight excluding hydrogens is 360 g/mol. The van der Waals surface area contributed by atoms with Gasteiger partial charge in [-0.2, -0.15) is 0 Å². The number of hydrogen-bond acceptors (Lipinski definition) is 5. The number of likely N-dealkylation sites (tertiary alicyclic amines) is 2. The molecule has 2 fully saturated rings. The highest BCUT2D eigenvalue weighted by Gasteiger charge is 2.52. The smallest absolute Gasteiger partial charge is 0.317 e. The van der Waals surface area contributed by atoms with Gasteiger partial charge in [-0.3, -0.25) is 9.78 Å². The first-order chi connectivity index (χ1) is 13.7. The maximum Gasteiger partial charge on any atom is 0.317 e. The Kier molecular flexibility index (Phi) is 7.22. The van der Waals surface area contributed by atoms with Crippen LogP contribution in [0.4, 0.5) is 4.79 Å². The monoisotopic (exact) mass is 390 g/mol. The molecule has 0 aliphatic carbocycles. The maximum absolute atomic E-state index is 12.8. The number of β-lactam (4-membered cyclic amide) rings is 1. The molecule has 1 aromatic heterocycles. The van der Waals surface area contributed by atoms with Crippen molar-refractivity contribution in [3.63, 3.8) is 0 Å². The Balaban J connectivity index is 1.64. The zero-order valence-corrected chi connectivity index (χ0v) is 16.7. The van der Waals surface area contributed by atoms with Crippen molar-refractivity contribution in [2.45, 2.75) is 44.4 Å². The fraction of sp³-hybridized carbons (Fsp3) is 0.650. The van der Waals surface area contributed by atoms with Crippen molar-refractivity contribution in [2.24, 2.45) is 0 Å². The Labute approximate surface area is 166 Å². The normalized spacial score (nSPS) is 22.9. The summed E-state index contributed by atoms with van der Waals surface area (Å²) in [5.74, 6) is 0.0202. The topological polar surface area (TPSA) is 84.0 Å². The molecule has 3 rings (SSSR count). The minimum atomic E-state index is -0.483. The van der Waals surface area contributed by atoms with Crippen molar-refractivity contribution in [3.05, 3.63) is 30.1 Å². The van der Waals surface area contributed by atoms with Crippen LogP contribution in [0.2, 0.25) is 0 Å². The van der Waals surface area contributed by atoms with Gasteiger partial charge in [-0.25, -0.2) is 4.79 Å². The molecule has 1 aromatic rings. The van der Waals surface area contributed by atoms with Crippen molar-refractivity contribution in [3.8, 4) is 0 Å². The number of carbonyl (C=O) groups is 2. The summed E-state index contributed by atoms with van der Waals surface area (Å²) in [7, 11) is 1.61. The summed E-state index contributed by atoms with van der Waals surface area (Å²) < 4.78 is 10.9. The van der Waals surface area contributed by atoms with E-state index in [1.807, 2.05) is 28.9 Å². The van der Waals surface area contributed by atoms with Gasteiger partial charge in [0.2, 0.25) is 0 Å². The number of nitrogens with one attached hydrogen (secondary N) is 1. The lowest BCUT2D eigenvalue weighted by molar-refractivity contribution is -0.183. The lowest BCUT2D eigenvalue weighted by atomic mass is 9.86. The van der Waals surface area contributed by atoms with Gasteiger partial charge in [0, 0.05) is 45.2 Å². The van der Waals surface area contributed by atoms with E-state index in [0.717, 1.165) is 24.8 Å². The van der Waals surface area contributed by atoms with Gasteiger partial charge in [0.15, 0.2) is 6.10 Å². The van der Waals surface area contributed by atoms with E-state index in [4.69, 9.17) is 9.47 Å². The minimum absolute atomic E-state index is 0.0123. The zero-order valence-electron chi connectivity index (χ0n) is 16.7. The second-order valence-corrected chi connectivity index (χ2v) is 7.21. The average molecular weight is 390 g/mol. The van der Waals surface area contributed by atoms with Crippen LogP contribution in [0.5, 0.6) is 0 Å². The van der Waals surface area contributed by atoms with Crippen molar-refractivity contribution in [2.75, 3.05) is 40.0 Å². The predicted octanol–water partition coefficient (Wildman–Crippen LogP) is 1.58. The summed E-state index contributed by atoms with van der Waals surface area (Å²) in [6.45, 7) is 4.88. The van der Waals surface area contributed by atoms with E-state index in [1.54, 1.807) is 19.5 Å². The van der Waals surface area contributed by atoms with Crippen molar-refractivity contribution in [1.29, 1.82) is 0 Å². The van der Waals surface area contributed by atoms with E-state index in [9.17, 15) is 9.59 Å². The third-order valence-electron chi connectivity index (χ3n) is 5.39. The van der Waals surface area contributed by atoms with Crippen LogP contribution >= 0.6 is 0 Å². The minimum Gasteiger partial charge on any atom is -0.382 e. The SMILES string of the molecule is CCCNC(=O)N1CCC(N2C(=O)[C@H](OCCOC)[C@@H]2c2ccncc2)CC1. The Bertz CT molecular complexity index is 649. The summed E-state index contributed by atoms with van der Waals surface area (Å²) in [6.07, 6.45) is 5.47. The number of methoxy groups -OCH3 is 1. The Morgan fingerprint density at radius 3 is 2.61 bits per heavy atom. The molecule has 3 heterocycles. The lowest BCUT2D eigenvalue weighted by Gasteiger charge is -2.52.